The van der Waals surface area contributed by atoms with E-state index in [-0.39, 0.29) is 5.91 Å². The van der Waals surface area contributed by atoms with E-state index < -0.39 is 0 Å². The van der Waals surface area contributed by atoms with Crippen molar-refractivity contribution in [2.45, 2.75) is 6.54 Å². The number of carbonyl (C=O) groups is 1. The normalized spacial score (nSPS) is 9.83. The minimum atomic E-state index is 0.0659. The van der Waals surface area contributed by atoms with Crippen molar-refractivity contribution < 1.29 is 4.79 Å². The SMILES string of the molecule is CN(Cc1cn[nH]c1)C(=O)CBr. The lowest BCUT2D eigenvalue weighted by atomic mass is 10.3. The molecule has 1 aromatic rings. The van der Waals surface area contributed by atoms with Crippen LogP contribution in [0.3, 0.4) is 0 Å². The van der Waals surface area contributed by atoms with Crippen molar-refractivity contribution in [1.29, 1.82) is 0 Å². The molecule has 1 aromatic heterocycles. The van der Waals surface area contributed by atoms with Gasteiger partial charge in [0.25, 0.3) is 0 Å². The summed E-state index contributed by atoms with van der Waals surface area (Å²) in [7, 11) is 1.76. The van der Waals surface area contributed by atoms with E-state index in [1.807, 2.05) is 0 Å². The van der Waals surface area contributed by atoms with Crippen LogP contribution in [0.15, 0.2) is 12.4 Å². The molecular weight excluding hydrogens is 222 g/mol. The molecule has 1 amide bonds. The molecule has 1 heterocycles. The Kier molecular flexibility index (Phi) is 3.28. The minimum Gasteiger partial charge on any atom is -0.341 e. The van der Waals surface area contributed by atoms with Crippen molar-refractivity contribution in [1.82, 2.24) is 15.1 Å². The smallest absolute Gasteiger partial charge is 0.233 e. The monoisotopic (exact) mass is 231 g/mol. The van der Waals surface area contributed by atoms with Gasteiger partial charge in [0.2, 0.25) is 5.91 Å². The first-order valence-corrected chi connectivity index (χ1v) is 4.63. The summed E-state index contributed by atoms with van der Waals surface area (Å²) in [6, 6.07) is 0. The maximum absolute atomic E-state index is 11.1. The molecule has 0 saturated heterocycles. The Bertz CT molecular complexity index is 247. The third-order valence-electron chi connectivity index (χ3n) is 1.51. The largest absolute Gasteiger partial charge is 0.341 e. The Labute approximate surface area is 79.1 Å². The molecule has 0 aromatic carbocycles. The third-order valence-corrected chi connectivity index (χ3v) is 1.99. The van der Waals surface area contributed by atoms with Gasteiger partial charge < -0.3 is 4.90 Å². The molecule has 5 heteroatoms. The highest BCUT2D eigenvalue weighted by molar-refractivity contribution is 9.09. The molecule has 0 atom stereocenters. The third kappa shape index (κ3) is 2.34. The number of carbonyl (C=O) groups excluding carboxylic acids is 1. The van der Waals surface area contributed by atoms with Gasteiger partial charge in [-0.25, -0.2) is 0 Å². The van der Waals surface area contributed by atoms with Gasteiger partial charge >= 0.3 is 0 Å². The second kappa shape index (κ2) is 4.25. The fourth-order valence-corrected chi connectivity index (χ4v) is 1.26. The molecule has 1 rings (SSSR count). The molecule has 0 fully saturated rings. The number of halogens is 1. The van der Waals surface area contributed by atoms with E-state index in [4.69, 9.17) is 0 Å². The van der Waals surface area contributed by atoms with Crippen molar-refractivity contribution in [2.75, 3.05) is 12.4 Å². The Hall–Kier alpha value is -0.840. The van der Waals surface area contributed by atoms with E-state index in [0.29, 0.717) is 11.9 Å². The van der Waals surface area contributed by atoms with Crippen molar-refractivity contribution in [3.8, 4) is 0 Å². The highest BCUT2D eigenvalue weighted by Gasteiger charge is 2.06. The first-order chi connectivity index (χ1) is 5.74. The predicted octanol–water partition coefficient (Wildman–Crippen LogP) is 0.763. The molecule has 0 aliphatic carbocycles. The number of nitrogens with zero attached hydrogens (tertiary/aromatic N) is 2. The fourth-order valence-electron chi connectivity index (χ4n) is 0.828. The van der Waals surface area contributed by atoms with E-state index in [1.165, 1.54) is 0 Å². The number of amides is 1. The lowest BCUT2D eigenvalue weighted by Crippen LogP contribution is -2.26. The van der Waals surface area contributed by atoms with Gasteiger partial charge in [-0.05, 0) is 0 Å². The predicted molar refractivity (Wildman–Crippen MR) is 48.9 cm³/mol. The number of H-pyrrole nitrogens is 1. The molecule has 0 aliphatic heterocycles. The molecule has 0 spiro atoms. The Morgan fingerprint density at radius 1 is 1.83 bits per heavy atom. The standard InChI is InChI=1S/C7H10BrN3O/c1-11(7(12)2-8)5-6-3-9-10-4-6/h3-4H,2,5H2,1H3,(H,9,10). The van der Waals surface area contributed by atoms with Gasteiger partial charge in [-0.15, -0.1) is 0 Å². The van der Waals surface area contributed by atoms with E-state index in [9.17, 15) is 4.79 Å². The van der Waals surface area contributed by atoms with E-state index in [1.54, 1.807) is 24.3 Å². The van der Waals surface area contributed by atoms with Crippen LogP contribution in [0.1, 0.15) is 5.56 Å². The summed E-state index contributed by atoms with van der Waals surface area (Å²) < 4.78 is 0. The van der Waals surface area contributed by atoms with Crippen LogP contribution in [0.4, 0.5) is 0 Å². The molecule has 4 nitrogen and oxygen atoms in total. The van der Waals surface area contributed by atoms with Crippen molar-refractivity contribution >= 4 is 21.8 Å². The second-order valence-electron chi connectivity index (χ2n) is 2.49. The molecule has 0 radical (unpaired) electrons. The van der Waals surface area contributed by atoms with Gasteiger partial charge in [-0.3, -0.25) is 9.89 Å². The van der Waals surface area contributed by atoms with E-state index >= 15 is 0 Å². The van der Waals surface area contributed by atoms with Crippen LogP contribution in [0.5, 0.6) is 0 Å². The molecule has 66 valence electrons. The number of aromatic nitrogens is 2. The minimum absolute atomic E-state index is 0.0659. The Balaban J connectivity index is 2.47. The number of aromatic amines is 1. The number of hydrogen-bond acceptors (Lipinski definition) is 2. The van der Waals surface area contributed by atoms with Crippen LogP contribution in [0, 0.1) is 0 Å². The lowest BCUT2D eigenvalue weighted by molar-refractivity contribution is -0.127. The first kappa shape index (κ1) is 9.25. The van der Waals surface area contributed by atoms with Gasteiger partial charge in [-0.1, -0.05) is 15.9 Å². The Morgan fingerprint density at radius 3 is 3.08 bits per heavy atom. The molecular formula is C7H10BrN3O. The van der Waals surface area contributed by atoms with Crippen LogP contribution in [-0.2, 0) is 11.3 Å². The molecule has 0 bridgehead atoms. The highest BCUT2D eigenvalue weighted by atomic mass is 79.9. The van der Waals surface area contributed by atoms with Crippen molar-refractivity contribution in [3.05, 3.63) is 18.0 Å². The van der Waals surface area contributed by atoms with Gasteiger partial charge in [0.15, 0.2) is 0 Å². The maximum atomic E-state index is 11.1. The van der Waals surface area contributed by atoms with Crippen LogP contribution in [0.25, 0.3) is 0 Å². The summed E-state index contributed by atoms with van der Waals surface area (Å²) in [5.41, 5.74) is 1.01. The summed E-state index contributed by atoms with van der Waals surface area (Å²) >= 11 is 3.10. The van der Waals surface area contributed by atoms with Crippen LogP contribution < -0.4 is 0 Å². The fraction of sp³-hybridized carbons (Fsp3) is 0.429. The summed E-state index contributed by atoms with van der Waals surface area (Å²) in [6.45, 7) is 0.598. The number of alkyl halides is 1. The van der Waals surface area contributed by atoms with Crippen molar-refractivity contribution in [2.24, 2.45) is 0 Å². The summed E-state index contributed by atoms with van der Waals surface area (Å²) in [4.78, 5) is 12.7. The number of nitrogens with one attached hydrogen (secondary N) is 1. The van der Waals surface area contributed by atoms with Crippen LogP contribution >= 0.6 is 15.9 Å². The van der Waals surface area contributed by atoms with Crippen LogP contribution in [0.2, 0.25) is 0 Å². The zero-order valence-electron chi connectivity index (χ0n) is 6.75. The molecule has 0 unspecified atom stereocenters. The first-order valence-electron chi connectivity index (χ1n) is 3.51. The molecule has 12 heavy (non-hydrogen) atoms. The zero-order chi connectivity index (χ0) is 8.97. The topological polar surface area (TPSA) is 49.0 Å². The van der Waals surface area contributed by atoms with E-state index in [0.717, 1.165) is 5.56 Å². The molecule has 1 N–H and O–H groups in total. The maximum Gasteiger partial charge on any atom is 0.233 e. The van der Waals surface area contributed by atoms with Gasteiger partial charge in [0, 0.05) is 25.4 Å². The second-order valence-corrected chi connectivity index (χ2v) is 3.05. The number of rotatable bonds is 3. The number of hydrogen-bond donors (Lipinski definition) is 1. The van der Waals surface area contributed by atoms with Crippen molar-refractivity contribution in [3.63, 3.8) is 0 Å². The zero-order valence-corrected chi connectivity index (χ0v) is 8.34. The van der Waals surface area contributed by atoms with Gasteiger partial charge in [0.1, 0.15) is 0 Å². The molecule has 0 aliphatic rings. The van der Waals surface area contributed by atoms with E-state index in [2.05, 4.69) is 26.1 Å². The molecule has 0 saturated carbocycles. The quantitative estimate of drug-likeness (QED) is 0.782. The van der Waals surface area contributed by atoms with Gasteiger partial charge in [-0.2, -0.15) is 5.10 Å². The summed E-state index contributed by atoms with van der Waals surface area (Å²) in [5, 5.41) is 6.84. The average Bonchev–Trinajstić information content (AvgIpc) is 2.55. The van der Waals surface area contributed by atoms with Gasteiger partial charge in [0.05, 0.1) is 11.5 Å². The lowest BCUT2D eigenvalue weighted by Gasteiger charge is -2.13. The average molecular weight is 232 g/mol. The summed E-state index contributed by atoms with van der Waals surface area (Å²) in [6.07, 6.45) is 3.48. The van der Waals surface area contributed by atoms with Crippen LogP contribution in [-0.4, -0.2) is 33.4 Å². The summed E-state index contributed by atoms with van der Waals surface area (Å²) in [5.74, 6) is 0.0659. The highest BCUT2D eigenvalue weighted by Crippen LogP contribution is 2.00. The Morgan fingerprint density at radius 2 is 2.58 bits per heavy atom.